The fourth-order valence-electron chi connectivity index (χ4n) is 2.54. The van der Waals surface area contributed by atoms with Crippen LogP contribution in [0, 0.1) is 5.82 Å². The summed E-state index contributed by atoms with van der Waals surface area (Å²) in [7, 11) is 0. The number of rotatable bonds is 5. The SMILES string of the molecule is Fc1ccccc1-c1cnc(CNCc2ccc3c(c2)OCO3)s1. The van der Waals surface area contributed by atoms with Gasteiger partial charge in [-0.3, -0.25) is 0 Å². The highest BCUT2D eigenvalue weighted by Crippen LogP contribution is 2.32. The molecule has 0 aliphatic carbocycles. The van der Waals surface area contributed by atoms with Crippen LogP contribution in [0.1, 0.15) is 10.6 Å². The van der Waals surface area contributed by atoms with Crippen molar-refractivity contribution in [3.8, 4) is 21.9 Å². The zero-order valence-corrected chi connectivity index (χ0v) is 13.6. The van der Waals surface area contributed by atoms with Gasteiger partial charge in [0, 0.05) is 24.8 Å². The van der Waals surface area contributed by atoms with Crippen LogP contribution in [0.15, 0.2) is 48.7 Å². The molecular formula is C18H15FN2O2S. The number of halogens is 1. The molecule has 0 amide bonds. The van der Waals surface area contributed by atoms with E-state index in [4.69, 9.17) is 9.47 Å². The first kappa shape index (κ1) is 15.1. The first-order valence-corrected chi connectivity index (χ1v) is 8.40. The van der Waals surface area contributed by atoms with Gasteiger partial charge in [-0.15, -0.1) is 11.3 Å². The van der Waals surface area contributed by atoms with Crippen LogP contribution in [-0.2, 0) is 13.1 Å². The van der Waals surface area contributed by atoms with E-state index in [1.54, 1.807) is 18.3 Å². The molecule has 0 unspecified atom stereocenters. The third-order valence-electron chi connectivity index (χ3n) is 3.74. The largest absolute Gasteiger partial charge is 0.454 e. The third-order valence-corrected chi connectivity index (χ3v) is 4.77. The molecule has 122 valence electrons. The summed E-state index contributed by atoms with van der Waals surface area (Å²) in [6, 6.07) is 12.6. The van der Waals surface area contributed by atoms with Crippen molar-refractivity contribution < 1.29 is 13.9 Å². The Balaban J connectivity index is 1.38. The van der Waals surface area contributed by atoms with E-state index in [1.165, 1.54) is 17.4 Å². The van der Waals surface area contributed by atoms with Gasteiger partial charge in [0.15, 0.2) is 11.5 Å². The van der Waals surface area contributed by atoms with Gasteiger partial charge in [0.05, 0.1) is 4.88 Å². The standard InChI is InChI=1S/C18H15FN2O2S/c19-14-4-2-1-3-13(14)17-9-21-18(24-17)10-20-8-12-5-6-15-16(7-12)23-11-22-15/h1-7,9,20H,8,10-11H2. The lowest BCUT2D eigenvalue weighted by Crippen LogP contribution is -2.12. The Morgan fingerprint density at radius 1 is 1.08 bits per heavy atom. The van der Waals surface area contributed by atoms with Crippen molar-refractivity contribution >= 4 is 11.3 Å². The van der Waals surface area contributed by atoms with Crippen LogP contribution < -0.4 is 14.8 Å². The lowest BCUT2D eigenvalue weighted by Gasteiger charge is -2.04. The number of fused-ring (bicyclic) bond motifs is 1. The van der Waals surface area contributed by atoms with Crippen molar-refractivity contribution in [2.24, 2.45) is 0 Å². The van der Waals surface area contributed by atoms with E-state index in [0.29, 0.717) is 18.7 Å². The molecule has 0 bridgehead atoms. The molecule has 2 aromatic carbocycles. The number of thiazole rings is 1. The van der Waals surface area contributed by atoms with Crippen LogP contribution in [0.3, 0.4) is 0 Å². The van der Waals surface area contributed by atoms with Crippen LogP contribution in [-0.4, -0.2) is 11.8 Å². The Morgan fingerprint density at radius 2 is 1.96 bits per heavy atom. The molecule has 1 aliphatic heterocycles. The minimum absolute atomic E-state index is 0.221. The maximum Gasteiger partial charge on any atom is 0.231 e. The van der Waals surface area contributed by atoms with Gasteiger partial charge in [0.1, 0.15) is 10.8 Å². The third kappa shape index (κ3) is 3.11. The van der Waals surface area contributed by atoms with Crippen LogP contribution in [0.5, 0.6) is 11.5 Å². The molecule has 4 nitrogen and oxygen atoms in total. The average molecular weight is 342 g/mol. The van der Waals surface area contributed by atoms with E-state index < -0.39 is 0 Å². The smallest absolute Gasteiger partial charge is 0.231 e. The normalized spacial score (nSPS) is 12.5. The van der Waals surface area contributed by atoms with Gasteiger partial charge in [-0.2, -0.15) is 0 Å². The summed E-state index contributed by atoms with van der Waals surface area (Å²) in [5.41, 5.74) is 1.71. The van der Waals surface area contributed by atoms with Crippen molar-refractivity contribution in [2.45, 2.75) is 13.1 Å². The molecule has 0 radical (unpaired) electrons. The second-order valence-corrected chi connectivity index (χ2v) is 6.50. The number of hydrogen-bond acceptors (Lipinski definition) is 5. The predicted octanol–water partition coefficient (Wildman–Crippen LogP) is 3.97. The minimum Gasteiger partial charge on any atom is -0.454 e. The van der Waals surface area contributed by atoms with Gasteiger partial charge in [-0.25, -0.2) is 9.37 Å². The molecule has 24 heavy (non-hydrogen) atoms. The van der Waals surface area contributed by atoms with Gasteiger partial charge in [0.25, 0.3) is 0 Å². The molecule has 0 saturated carbocycles. The minimum atomic E-state index is -0.221. The molecule has 1 aromatic heterocycles. The molecule has 1 N–H and O–H groups in total. The monoisotopic (exact) mass is 342 g/mol. The van der Waals surface area contributed by atoms with Crippen molar-refractivity contribution in [2.75, 3.05) is 6.79 Å². The summed E-state index contributed by atoms with van der Waals surface area (Å²) < 4.78 is 24.5. The van der Waals surface area contributed by atoms with E-state index >= 15 is 0 Å². The Labute approximate surface area is 142 Å². The fourth-order valence-corrected chi connectivity index (χ4v) is 3.46. The number of benzene rings is 2. The topological polar surface area (TPSA) is 43.4 Å². The summed E-state index contributed by atoms with van der Waals surface area (Å²) in [6.45, 7) is 1.61. The van der Waals surface area contributed by atoms with Crippen LogP contribution in [0.2, 0.25) is 0 Å². The number of aromatic nitrogens is 1. The molecular weight excluding hydrogens is 327 g/mol. The molecule has 0 atom stereocenters. The van der Waals surface area contributed by atoms with Crippen molar-refractivity contribution in [1.82, 2.24) is 10.3 Å². The van der Waals surface area contributed by atoms with Crippen molar-refractivity contribution in [3.05, 3.63) is 65.0 Å². The van der Waals surface area contributed by atoms with E-state index in [2.05, 4.69) is 10.3 Å². The summed E-state index contributed by atoms with van der Waals surface area (Å²) in [6.07, 6.45) is 1.72. The summed E-state index contributed by atoms with van der Waals surface area (Å²) in [5.74, 6) is 1.35. The Bertz CT molecular complexity index is 866. The molecule has 0 spiro atoms. The molecule has 4 rings (SSSR count). The highest BCUT2D eigenvalue weighted by atomic mass is 32.1. The van der Waals surface area contributed by atoms with Crippen LogP contribution in [0.25, 0.3) is 10.4 Å². The molecule has 0 fully saturated rings. The zero-order valence-electron chi connectivity index (χ0n) is 12.8. The van der Waals surface area contributed by atoms with E-state index in [-0.39, 0.29) is 12.6 Å². The Hall–Kier alpha value is -2.44. The lowest BCUT2D eigenvalue weighted by atomic mass is 10.2. The number of nitrogens with zero attached hydrogens (tertiary/aromatic N) is 1. The molecule has 1 aliphatic rings. The maximum atomic E-state index is 13.8. The fraction of sp³-hybridized carbons (Fsp3) is 0.167. The maximum absolute atomic E-state index is 13.8. The van der Waals surface area contributed by atoms with Gasteiger partial charge < -0.3 is 14.8 Å². The molecule has 2 heterocycles. The first-order valence-electron chi connectivity index (χ1n) is 7.58. The first-order chi connectivity index (χ1) is 11.8. The van der Waals surface area contributed by atoms with Crippen LogP contribution in [0.4, 0.5) is 4.39 Å². The number of nitrogens with one attached hydrogen (secondary N) is 1. The van der Waals surface area contributed by atoms with Gasteiger partial charge in [-0.05, 0) is 23.8 Å². The number of ether oxygens (including phenoxy) is 2. The second kappa shape index (κ2) is 6.59. The summed E-state index contributed by atoms with van der Waals surface area (Å²) in [5, 5.41) is 4.27. The molecule has 6 heteroatoms. The van der Waals surface area contributed by atoms with E-state index in [9.17, 15) is 4.39 Å². The van der Waals surface area contributed by atoms with Crippen molar-refractivity contribution in [3.63, 3.8) is 0 Å². The summed E-state index contributed by atoms with van der Waals surface area (Å²) in [4.78, 5) is 5.21. The summed E-state index contributed by atoms with van der Waals surface area (Å²) >= 11 is 1.50. The average Bonchev–Trinajstić information content (AvgIpc) is 3.24. The van der Waals surface area contributed by atoms with Crippen LogP contribution >= 0.6 is 11.3 Å². The van der Waals surface area contributed by atoms with Gasteiger partial charge >= 0.3 is 0 Å². The lowest BCUT2D eigenvalue weighted by molar-refractivity contribution is 0.174. The van der Waals surface area contributed by atoms with Gasteiger partial charge in [-0.1, -0.05) is 24.3 Å². The molecule has 3 aromatic rings. The molecule has 0 saturated heterocycles. The van der Waals surface area contributed by atoms with Crippen molar-refractivity contribution in [1.29, 1.82) is 0 Å². The Morgan fingerprint density at radius 3 is 2.88 bits per heavy atom. The quantitative estimate of drug-likeness (QED) is 0.762. The second-order valence-electron chi connectivity index (χ2n) is 5.39. The zero-order chi connectivity index (χ0) is 16.4. The highest BCUT2D eigenvalue weighted by Gasteiger charge is 2.13. The number of hydrogen-bond donors (Lipinski definition) is 1. The van der Waals surface area contributed by atoms with Gasteiger partial charge in [0.2, 0.25) is 6.79 Å². The van der Waals surface area contributed by atoms with E-state index in [0.717, 1.165) is 26.9 Å². The predicted molar refractivity (Wildman–Crippen MR) is 90.6 cm³/mol. The van der Waals surface area contributed by atoms with E-state index in [1.807, 2.05) is 24.3 Å². The Kier molecular flexibility index (Phi) is 4.15. The highest BCUT2D eigenvalue weighted by molar-refractivity contribution is 7.15.